The summed E-state index contributed by atoms with van der Waals surface area (Å²) in [5.41, 5.74) is 3.88. The van der Waals surface area contributed by atoms with Gasteiger partial charge in [-0.2, -0.15) is 5.10 Å². The maximum Gasteiger partial charge on any atom is 0.283 e. The quantitative estimate of drug-likeness (QED) is 0.577. The van der Waals surface area contributed by atoms with E-state index < -0.39 is 5.91 Å². The molecule has 4 aromatic rings. The van der Waals surface area contributed by atoms with Crippen LogP contribution in [0.4, 0.5) is 0 Å². The van der Waals surface area contributed by atoms with Gasteiger partial charge in [-0.25, -0.2) is 14.3 Å². The Bertz CT molecular complexity index is 1210. The Labute approximate surface area is 165 Å². The van der Waals surface area contributed by atoms with Crippen molar-refractivity contribution < 1.29 is 4.79 Å². The van der Waals surface area contributed by atoms with E-state index in [0.29, 0.717) is 33.9 Å². The second kappa shape index (κ2) is 7.28. The van der Waals surface area contributed by atoms with Gasteiger partial charge in [0, 0.05) is 17.0 Å². The maximum absolute atomic E-state index is 13.0. The molecule has 8 heteroatoms. The van der Waals surface area contributed by atoms with Crippen molar-refractivity contribution in [2.45, 2.75) is 13.3 Å². The number of nitrogens with one attached hydrogen (secondary N) is 1. The number of aromatic nitrogens is 4. The molecule has 140 valence electrons. The number of nitrogens with zero attached hydrogens (tertiary/aromatic N) is 4. The number of para-hydroxylation sites is 1. The third kappa shape index (κ3) is 3.16. The van der Waals surface area contributed by atoms with E-state index in [2.05, 4.69) is 15.5 Å². The summed E-state index contributed by atoms with van der Waals surface area (Å²) in [7, 11) is 0. The van der Waals surface area contributed by atoms with E-state index in [1.807, 2.05) is 37.3 Å². The standard InChI is InChI=1S/C20H16ClN5O2/c1-2-17-23-18-16(12-22-25(18)15-6-4-3-5-7-15)20(28)26(17)24-19(27)13-8-10-14(21)11-9-13/h3-12H,2H2,1H3,(H,24,27). The molecule has 0 aliphatic rings. The van der Waals surface area contributed by atoms with Crippen LogP contribution in [0, 0.1) is 0 Å². The minimum atomic E-state index is -0.426. The summed E-state index contributed by atoms with van der Waals surface area (Å²) in [6.45, 7) is 1.86. The van der Waals surface area contributed by atoms with Gasteiger partial charge < -0.3 is 0 Å². The van der Waals surface area contributed by atoms with Crippen LogP contribution in [-0.2, 0) is 6.42 Å². The largest absolute Gasteiger partial charge is 0.283 e. The maximum atomic E-state index is 13.0. The molecule has 0 saturated heterocycles. The molecule has 4 rings (SSSR count). The highest BCUT2D eigenvalue weighted by Gasteiger charge is 2.17. The van der Waals surface area contributed by atoms with E-state index in [-0.39, 0.29) is 5.56 Å². The summed E-state index contributed by atoms with van der Waals surface area (Å²) in [5.74, 6) is 0.00237. The van der Waals surface area contributed by atoms with Crippen molar-refractivity contribution in [3.8, 4) is 5.69 Å². The molecule has 0 fully saturated rings. The van der Waals surface area contributed by atoms with Gasteiger partial charge in [0.25, 0.3) is 11.5 Å². The van der Waals surface area contributed by atoms with Crippen LogP contribution in [0.2, 0.25) is 5.02 Å². The molecule has 0 aliphatic heterocycles. The van der Waals surface area contributed by atoms with Gasteiger partial charge in [0.1, 0.15) is 11.2 Å². The second-order valence-corrected chi connectivity index (χ2v) is 6.54. The number of aryl methyl sites for hydroxylation is 1. The molecular formula is C20H16ClN5O2. The molecule has 0 bridgehead atoms. The molecule has 0 unspecified atom stereocenters. The summed E-state index contributed by atoms with van der Waals surface area (Å²) in [6, 6.07) is 15.9. The molecule has 0 saturated carbocycles. The van der Waals surface area contributed by atoms with Crippen LogP contribution in [0.1, 0.15) is 23.1 Å². The van der Waals surface area contributed by atoms with Gasteiger partial charge in [-0.15, -0.1) is 0 Å². The first-order valence-electron chi connectivity index (χ1n) is 8.70. The number of hydrogen-bond donors (Lipinski definition) is 1. The van der Waals surface area contributed by atoms with Crippen molar-refractivity contribution in [2.75, 3.05) is 5.43 Å². The third-order valence-electron chi connectivity index (χ3n) is 4.31. The molecule has 2 aromatic carbocycles. The van der Waals surface area contributed by atoms with E-state index in [0.717, 1.165) is 5.69 Å². The van der Waals surface area contributed by atoms with Crippen molar-refractivity contribution in [1.82, 2.24) is 19.4 Å². The first kappa shape index (κ1) is 17.9. The molecule has 0 atom stereocenters. The highest BCUT2D eigenvalue weighted by atomic mass is 35.5. The number of hydrogen-bond acceptors (Lipinski definition) is 4. The lowest BCUT2D eigenvalue weighted by molar-refractivity contribution is 0.101. The zero-order valence-corrected chi connectivity index (χ0v) is 15.7. The van der Waals surface area contributed by atoms with Gasteiger partial charge in [0.05, 0.1) is 11.9 Å². The molecule has 0 aliphatic carbocycles. The van der Waals surface area contributed by atoms with Gasteiger partial charge in [-0.05, 0) is 36.4 Å². The van der Waals surface area contributed by atoms with E-state index in [1.165, 1.54) is 10.9 Å². The van der Waals surface area contributed by atoms with Crippen LogP contribution in [0.15, 0.2) is 65.6 Å². The molecule has 0 radical (unpaired) electrons. The Morgan fingerprint density at radius 3 is 2.50 bits per heavy atom. The number of halogens is 1. The van der Waals surface area contributed by atoms with Gasteiger partial charge in [-0.1, -0.05) is 36.7 Å². The second-order valence-electron chi connectivity index (χ2n) is 6.10. The molecule has 1 amide bonds. The number of carbonyl (C=O) groups is 1. The smallest absolute Gasteiger partial charge is 0.267 e. The fraction of sp³-hybridized carbons (Fsp3) is 0.100. The van der Waals surface area contributed by atoms with Gasteiger partial charge in [-0.3, -0.25) is 15.0 Å². The van der Waals surface area contributed by atoms with Crippen molar-refractivity contribution in [1.29, 1.82) is 0 Å². The fourth-order valence-electron chi connectivity index (χ4n) is 2.89. The predicted octanol–water partition coefficient (Wildman–Crippen LogP) is 3.18. The van der Waals surface area contributed by atoms with Crippen molar-refractivity contribution in [3.05, 3.63) is 87.6 Å². The normalized spacial score (nSPS) is 10.9. The van der Waals surface area contributed by atoms with Crippen molar-refractivity contribution >= 4 is 28.5 Å². The molecule has 7 nitrogen and oxygen atoms in total. The number of benzene rings is 2. The Morgan fingerprint density at radius 1 is 1.11 bits per heavy atom. The Balaban J connectivity index is 1.79. The van der Waals surface area contributed by atoms with Crippen molar-refractivity contribution in [2.24, 2.45) is 0 Å². The zero-order valence-electron chi connectivity index (χ0n) is 15.0. The van der Waals surface area contributed by atoms with E-state index >= 15 is 0 Å². The number of carbonyl (C=O) groups excluding carboxylic acids is 1. The van der Waals surface area contributed by atoms with E-state index in [9.17, 15) is 9.59 Å². The molecule has 0 spiro atoms. The summed E-state index contributed by atoms with van der Waals surface area (Å²) >= 11 is 5.86. The summed E-state index contributed by atoms with van der Waals surface area (Å²) in [4.78, 5) is 30.1. The van der Waals surface area contributed by atoms with Crippen LogP contribution in [0.5, 0.6) is 0 Å². The topological polar surface area (TPSA) is 81.8 Å². The number of fused-ring (bicyclic) bond motifs is 1. The minimum Gasteiger partial charge on any atom is -0.267 e. The molecule has 28 heavy (non-hydrogen) atoms. The Kier molecular flexibility index (Phi) is 4.67. The van der Waals surface area contributed by atoms with E-state index in [4.69, 9.17) is 11.6 Å². The van der Waals surface area contributed by atoms with Crippen LogP contribution in [0.3, 0.4) is 0 Å². The van der Waals surface area contributed by atoms with Crippen LogP contribution < -0.4 is 11.0 Å². The van der Waals surface area contributed by atoms with Gasteiger partial charge in [0.15, 0.2) is 5.65 Å². The van der Waals surface area contributed by atoms with Crippen molar-refractivity contribution in [3.63, 3.8) is 0 Å². The fourth-order valence-corrected chi connectivity index (χ4v) is 3.01. The van der Waals surface area contributed by atoms with Gasteiger partial charge in [0.2, 0.25) is 0 Å². The first-order chi connectivity index (χ1) is 13.6. The molecule has 2 aromatic heterocycles. The van der Waals surface area contributed by atoms with Crippen LogP contribution in [-0.4, -0.2) is 25.3 Å². The minimum absolute atomic E-state index is 0.317. The Hall–Kier alpha value is -3.45. The zero-order chi connectivity index (χ0) is 19.7. The van der Waals surface area contributed by atoms with Crippen LogP contribution >= 0.6 is 11.6 Å². The lowest BCUT2D eigenvalue weighted by Crippen LogP contribution is -2.36. The molecule has 1 N–H and O–H groups in total. The monoisotopic (exact) mass is 393 g/mol. The predicted molar refractivity (Wildman–Crippen MR) is 108 cm³/mol. The first-order valence-corrected chi connectivity index (χ1v) is 9.08. The highest BCUT2D eigenvalue weighted by Crippen LogP contribution is 2.15. The van der Waals surface area contributed by atoms with E-state index in [1.54, 1.807) is 28.9 Å². The number of amides is 1. The highest BCUT2D eigenvalue weighted by molar-refractivity contribution is 6.30. The average Bonchev–Trinajstić information content (AvgIpc) is 3.15. The average molecular weight is 394 g/mol. The van der Waals surface area contributed by atoms with Crippen LogP contribution in [0.25, 0.3) is 16.7 Å². The lowest BCUT2D eigenvalue weighted by Gasteiger charge is -2.13. The third-order valence-corrected chi connectivity index (χ3v) is 4.56. The Morgan fingerprint density at radius 2 is 1.82 bits per heavy atom. The lowest BCUT2D eigenvalue weighted by atomic mass is 10.2. The molecular weight excluding hydrogens is 378 g/mol. The summed E-state index contributed by atoms with van der Waals surface area (Å²) < 4.78 is 2.79. The SMILES string of the molecule is CCc1nc2c(cnn2-c2ccccc2)c(=O)n1NC(=O)c1ccc(Cl)cc1. The molecule has 2 heterocycles. The number of rotatable bonds is 4. The summed E-state index contributed by atoms with van der Waals surface area (Å²) in [5, 5.41) is 5.15. The van der Waals surface area contributed by atoms with Gasteiger partial charge >= 0.3 is 0 Å². The summed E-state index contributed by atoms with van der Waals surface area (Å²) in [6.07, 6.45) is 1.91.